The van der Waals surface area contributed by atoms with Gasteiger partial charge < -0.3 is 10.2 Å². The molecule has 0 radical (unpaired) electrons. The zero-order valence-electron chi connectivity index (χ0n) is 13.2. The van der Waals surface area contributed by atoms with Gasteiger partial charge in [-0.05, 0) is 48.6 Å². The van der Waals surface area contributed by atoms with Gasteiger partial charge in [-0.1, -0.05) is 29.3 Å². The Morgan fingerprint density at radius 1 is 1.28 bits per heavy atom. The van der Waals surface area contributed by atoms with Crippen LogP contribution < -0.4 is 5.32 Å². The molecule has 1 atom stereocenters. The molecule has 2 amide bonds. The normalized spacial score (nSPS) is 17.2. The first-order valence-electron chi connectivity index (χ1n) is 7.83. The number of thiophene rings is 1. The van der Waals surface area contributed by atoms with Crippen molar-refractivity contribution in [2.45, 2.75) is 18.9 Å². The van der Waals surface area contributed by atoms with E-state index in [2.05, 4.69) is 5.32 Å². The fourth-order valence-corrected chi connectivity index (χ4v) is 3.82. The Morgan fingerprint density at radius 3 is 2.84 bits per heavy atom. The third kappa shape index (κ3) is 4.42. The number of nitrogens with zero attached hydrogens (tertiary/aromatic N) is 1. The average Bonchev–Trinajstić information content (AvgIpc) is 3.26. The molecule has 4 nitrogen and oxygen atoms in total. The van der Waals surface area contributed by atoms with Gasteiger partial charge >= 0.3 is 0 Å². The summed E-state index contributed by atoms with van der Waals surface area (Å²) in [7, 11) is 0. The summed E-state index contributed by atoms with van der Waals surface area (Å²) in [5.41, 5.74) is 0.490. The lowest BCUT2D eigenvalue weighted by Crippen LogP contribution is -2.42. The van der Waals surface area contributed by atoms with Gasteiger partial charge in [0, 0.05) is 22.5 Å². The fraction of sp³-hybridized carbons (Fsp3) is 0.222. The number of anilines is 1. The first-order valence-corrected chi connectivity index (χ1v) is 9.46. The summed E-state index contributed by atoms with van der Waals surface area (Å²) in [6.45, 7) is 0.569. The summed E-state index contributed by atoms with van der Waals surface area (Å²) in [4.78, 5) is 27.6. The van der Waals surface area contributed by atoms with E-state index in [0.717, 1.165) is 11.3 Å². The molecule has 7 heteroatoms. The van der Waals surface area contributed by atoms with Crippen LogP contribution in [0, 0.1) is 0 Å². The Kier molecular flexibility index (Phi) is 5.78. The topological polar surface area (TPSA) is 49.4 Å². The minimum Gasteiger partial charge on any atom is -0.327 e. The maximum atomic E-state index is 12.6. The van der Waals surface area contributed by atoms with Crippen molar-refractivity contribution in [2.24, 2.45) is 0 Å². The van der Waals surface area contributed by atoms with E-state index in [1.165, 1.54) is 6.08 Å². The second-order valence-electron chi connectivity index (χ2n) is 5.65. The van der Waals surface area contributed by atoms with Crippen LogP contribution in [0.25, 0.3) is 6.08 Å². The molecule has 0 aliphatic carbocycles. The Labute approximate surface area is 160 Å². The van der Waals surface area contributed by atoms with E-state index >= 15 is 0 Å². The van der Waals surface area contributed by atoms with Crippen molar-refractivity contribution < 1.29 is 9.59 Å². The molecule has 0 spiro atoms. The van der Waals surface area contributed by atoms with Crippen molar-refractivity contribution in [3.8, 4) is 0 Å². The van der Waals surface area contributed by atoms with E-state index in [-0.39, 0.29) is 11.8 Å². The largest absolute Gasteiger partial charge is 0.327 e. The van der Waals surface area contributed by atoms with Gasteiger partial charge in [-0.3, -0.25) is 9.59 Å². The maximum Gasteiger partial charge on any atom is 0.247 e. The number of halogens is 2. The number of hydrogen-bond donors (Lipinski definition) is 1. The van der Waals surface area contributed by atoms with Crippen LogP contribution in [0.3, 0.4) is 0 Å². The van der Waals surface area contributed by atoms with Crippen molar-refractivity contribution in [2.75, 3.05) is 11.9 Å². The summed E-state index contributed by atoms with van der Waals surface area (Å²) < 4.78 is 0. The summed E-state index contributed by atoms with van der Waals surface area (Å²) in [6, 6.07) is 8.25. The molecule has 2 aromatic rings. The lowest BCUT2D eigenvalue weighted by atomic mass is 10.2. The summed E-state index contributed by atoms with van der Waals surface area (Å²) in [5, 5.41) is 5.61. The van der Waals surface area contributed by atoms with Crippen molar-refractivity contribution in [1.82, 2.24) is 4.90 Å². The standard InChI is InChI=1S/C18H16Cl2N2O2S/c19-12-5-7-15(14(20)11-12)21-18(24)16-4-1-9-22(16)17(23)8-6-13-3-2-10-25-13/h2-3,5-8,10-11,16H,1,4,9H2,(H,21,24)/b8-6+. The zero-order chi connectivity index (χ0) is 17.8. The van der Waals surface area contributed by atoms with Crippen LogP contribution in [-0.2, 0) is 9.59 Å². The highest BCUT2D eigenvalue weighted by atomic mass is 35.5. The van der Waals surface area contributed by atoms with Crippen molar-refractivity contribution in [3.05, 3.63) is 56.7 Å². The number of hydrogen-bond acceptors (Lipinski definition) is 3. The van der Waals surface area contributed by atoms with E-state index in [9.17, 15) is 9.59 Å². The van der Waals surface area contributed by atoms with E-state index in [1.807, 2.05) is 17.5 Å². The first kappa shape index (κ1) is 18.0. The third-order valence-corrected chi connectivity index (χ3v) is 5.35. The van der Waals surface area contributed by atoms with Crippen LogP contribution in [0.1, 0.15) is 17.7 Å². The van der Waals surface area contributed by atoms with E-state index in [4.69, 9.17) is 23.2 Å². The molecule has 1 unspecified atom stereocenters. The molecule has 3 rings (SSSR count). The van der Waals surface area contributed by atoms with Gasteiger partial charge in [0.15, 0.2) is 0 Å². The van der Waals surface area contributed by atoms with Crippen LogP contribution in [0.4, 0.5) is 5.69 Å². The molecule has 1 aliphatic heterocycles. The van der Waals surface area contributed by atoms with Crippen LogP contribution in [0.2, 0.25) is 10.0 Å². The number of benzene rings is 1. The maximum absolute atomic E-state index is 12.6. The highest BCUT2D eigenvalue weighted by Gasteiger charge is 2.33. The number of likely N-dealkylation sites (tertiary alicyclic amines) is 1. The van der Waals surface area contributed by atoms with E-state index in [1.54, 1.807) is 40.5 Å². The molecule has 1 aromatic carbocycles. The van der Waals surface area contributed by atoms with Crippen LogP contribution in [0.5, 0.6) is 0 Å². The molecule has 25 heavy (non-hydrogen) atoms. The molecular weight excluding hydrogens is 379 g/mol. The quantitative estimate of drug-likeness (QED) is 0.763. The summed E-state index contributed by atoms with van der Waals surface area (Å²) in [5.74, 6) is -0.396. The smallest absolute Gasteiger partial charge is 0.247 e. The van der Waals surface area contributed by atoms with Gasteiger partial charge in [0.2, 0.25) is 11.8 Å². The highest BCUT2D eigenvalue weighted by Crippen LogP contribution is 2.27. The second kappa shape index (κ2) is 8.04. The molecule has 1 saturated heterocycles. The monoisotopic (exact) mass is 394 g/mol. The number of rotatable bonds is 4. The molecule has 1 aromatic heterocycles. The first-order chi connectivity index (χ1) is 12.0. The predicted octanol–water partition coefficient (Wildman–Crippen LogP) is 4.70. The Balaban J connectivity index is 1.68. The number of carbonyl (C=O) groups excluding carboxylic acids is 2. The molecule has 1 fully saturated rings. The SMILES string of the molecule is O=C(Nc1ccc(Cl)cc1Cl)C1CCCN1C(=O)/C=C/c1cccs1. The van der Waals surface area contributed by atoms with Crippen molar-refractivity contribution in [3.63, 3.8) is 0 Å². The Hall–Kier alpha value is -1.82. The zero-order valence-corrected chi connectivity index (χ0v) is 15.6. The van der Waals surface area contributed by atoms with E-state index in [0.29, 0.717) is 28.7 Å². The number of nitrogens with one attached hydrogen (secondary N) is 1. The molecule has 1 aliphatic rings. The molecule has 2 heterocycles. The summed E-state index contributed by atoms with van der Waals surface area (Å²) >= 11 is 13.5. The Bertz CT molecular complexity index is 805. The molecular formula is C18H16Cl2N2O2S. The van der Waals surface area contributed by atoms with Gasteiger partial charge in [0.1, 0.15) is 6.04 Å². The molecule has 0 bridgehead atoms. The van der Waals surface area contributed by atoms with Gasteiger partial charge in [-0.2, -0.15) is 0 Å². The lowest BCUT2D eigenvalue weighted by molar-refractivity contribution is -0.132. The molecule has 1 N–H and O–H groups in total. The minimum absolute atomic E-state index is 0.159. The minimum atomic E-state index is -0.493. The Morgan fingerprint density at radius 2 is 2.12 bits per heavy atom. The van der Waals surface area contributed by atoms with Crippen LogP contribution >= 0.6 is 34.5 Å². The fourth-order valence-electron chi connectivity index (χ4n) is 2.75. The number of carbonyl (C=O) groups is 2. The van der Waals surface area contributed by atoms with Gasteiger partial charge in [-0.15, -0.1) is 11.3 Å². The molecule has 130 valence electrons. The van der Waals surface area contributed by atoms with Crippen molar-refractivity contribution in [1.29, 1.82) is 0 Å². The van der Waals surface area contributed by atoms with E-state index < -0.39 is 6.04 Å². The average molecular weight is 395 g/mol. The van der Waals surface area contributed by atoms with Crippen LogP contribution in [-0.4, -0.2) is 29.3 Å². The van der Waals surface area contributed by atoms with Gasteiger partial charge in [0.05, 0.1) is 10.7 Å². The third-order valence-electron chi connectivity index (χ3n) is 3.96. The van der Waals surface area contributed by atoms with Gasteiger partial charge in [-0.25, -0.2) is 0 Å². The predicted molar refractivity (Wildman–Crippen MR) is 103 cm³/mol. The molecule has 0 saturated carbocycles. The lowest BCUT2D eigenvalue weighted by Gasteiger charge is -2.23. The number of amides is 2. The summed E-state index contributed by atoms with van der Waals surface area (Å²) in [6.07, 6.45) is 4.73. The van der Waals surface area contributed by atoms with Crippen LogP contribution in [0.15, 0.2) is 41.8 Å². The van der Waals surface area contributed by atoms with Crippen molar-refractivity contribution >= 4 is 58.1 Å². The second-order valence-corrected chi connectivity index (χ2v) is 7.47. The van der Waals surface area contributed by atoms with Gasteiger partial charge in [0.25, 0.3) is 0 Å². The highest BCUT2D eigenvalue weighted by molar-refractivity contribution is 7.10.